The van der Waals surface area contributed by atoms with Crippen molar-refractivity contribution >= 4 is 5.97 Å². The van der Waals surface area contributed by atoms with Crippen LogP contribution in [-0.4, -0.2) is 19.6 Å². The van der Waals surface area contributed by atoms with Crippen molar-refractivity contribution in [3.63, 3.8) is 0 Å². The van der Waals surface area contributed by atoms with Gasteiger partial charge in [-0.05, 0) is 24.9 Å². The van der Waals surface area contributed by atoms with Crippen molar-refractivity contribution in [1.29, 1.82) is 0 Å². The molecular formula is C14H21NO2. The zero-order valence-electron chi connectivity index (χ0n) is 11.0. The van der Waals surface area contributed by atoms with E-state index in [4.69, 9.17) is 4.74 Å². The number of methoxy groups -OCH3 is 1. The van der Waals surface area contributed by atoms with Gasteiger partial charge in [-0.2, -0.15) is 0 Å². The molecule has 17 heavy (non-hydrogen) atoms. The molecule has 0 fully saturated rings. The van der Waals surface area contributed by atoms with Crippen LogP contribution < -0.4 is 5.32 Å². The van der Waals surface area contributed by atoms with Crippen LogP contribution in [0.2, 0.25) is 0 Å². The number of rotatable bonds is 5. The second-order valence-corrected chi connectivity index (χ2v) is 4.76. The fraction of sp³-hybridized carbons (Fsp3) is 0.500. The second kappa shape index (κ2) is 5.82. The smallest absolute Gasteiger partial charge is 0.330 e. The highest BCUT2D eigenvalue weighted by atomic mass is 16.5. The first kappa shape index (κ1) is 13.7. The predicted molar refractivity (Wildman–Crippen MR) is 68.7 cm³/mol. The first-order valence-corrected chi connectivity index (χ1v) is 5.89. The molecule has 3 nitrogen and oxygen atoms in total. The molecule has 0 bridgehead atoms. The summed E-state index contributed by atoms with van der Waals surface area (Å²) in [5.41, 5.74) is 0.146. The Balaban J connectivity index is 2.98. The van der Waals surface area contributed by atoms with Crippen molar-refractivity contribution in [3.05, 3.63) is 35.9 Å². The lowest BCUT2D eigenvalue weighted by molar-refractivity contribution is -0.148. The van der Waals surface area contributed by atoms with Crippen molar-refractivity contribution < 1.29 is 9.53 Å². The van der Waals surface area contributed by atoms with Gasteiger partial charge < -0.3 is 4.74 Å². The molecular weight excluding hydrogens is 214 g/mol. The molecule has 0 aromatic heterocycles. The van der Waals surface area contributed by atoms with E-state index in [1.807, 2.05) is 37.3 Å². The SMILES string of the molecule is COC(=O)C(C)(NCC(C)C)c1ccccc1. The number of benzene rings is 1. The highest BCUT2D eigenvalue weighted by Gasteiger charge is 2.35. The molecule has 94 valence electrons. The second-order valence-electron chi connectivity index (χ2n) is 4.76. The third-order valence-corrected chi connectivity index (χ3v) is 2.81. The fourth-order valence-electron chi connectivity index (χ4n) is 1.68. The minimum absolute atomic E-state index is 0.260. The van der Waals surface area contributed by atoms with E-state index in [1.54, 1.807) is 0 Å². The lowest BCUT2D eigenvalue weighted by Crippen LogP contribution is -2.48. The Hall–Kier alpha value is -1.35. The summed E-state index contributed by atoms with van der Waals surface area (Å²) in [5, 5.41) is 3.29. The molecule has 1 atom stereocenters. The van der Waals surface area contributed by atoms with Crippen LogP contribution in [0.15, 0.2) is 30.3 Å². The van der Waals surface area contributed by atoms with E-state index >= 15 is 0 Å². The molecule has 1 unspecified atom stereocenters. The Morgan fingerprint density at radius 1 is 1.35 bits per heavy atom. The zero-order valence-corrected chi connectivity index (χ0v) is 11.0. The van der Waals surface area contributed by atoms with Crippen LogP contribution in [0.5, 0.6) is 0 Å². The minimum Gasteiger partial charge on any atom is -0.467 e. The number of esters is 1. The number of carbonyl (C=O) groups is 1. The van der Waals surface area contributed by atoms with Gasteiger partial charge in [-0.25, -0.2) is 4.79 Å². The third kappa shape index (κ3) is 3.30. The molecule has 1 aromatic rings. The van der Waals surface area contributed by atoms with Gasteiger partial charge in [-0.15, -0.1) is 0 Å². The largest absolute Gasteiger partial charge is 0.467 e. The summed E-state index contributed by atoms with van der Waals surface area (Å²) in [7, 11) is 1.42. The molecule has 0 heterocycles. The molecule has 1 aromatic carbocycles. The van der Waals surface area contributed by atoms with E-state index in [1.165, 1.54) is 7.11 Å². The Bertz CT molecular complexity index is 362. The van der Waals surface area contributed by atoms with Crippen molar-refractivity contribution in [2.24, 2.45) is 5.92 Å². The first-order valence-electron chi connectivity index (χ1n) is 5.89. The van der Waals surface area contributed by atoms with Gasteiger partial charge in [0.1, 0.15) is 5.54 Å². The average molecular weight is 235 g/mol. The molecule has 0 aliphatic rings. The Kier molecular flexibility index (Phi) is 4.70. The van der Waals surface area contributed by atoms with Crippen LogP contribution in [0, 0.1) is 5.92 Å². The molecule has 0 spiro atoms. The zero-order chi connectivity index (χ0) is 12.9. The molecule has 0 aliphatic heterocycles. The predicted octanol–water partition coefficient (Wildman–Crippen LogP) is 2.32. The molecule has 3 heteroatoms. The first-order chi connectivity index (χ1) is 8.00. The van der Waals surface area contributed by atoms with Crippen LogP contribution >= 0.6 is 0 Å². The molecule has 0 saturated carbocycles. The van der Waals surface area contributed by atoms with Crippen molar-refractivity contribution in [3.8, 4) is 0 Å². The van der Waals surface area contributed by atoms with E-state index < -0.39 is 5.54 Å². The van der Waals surface area contributed by atoms with Gasteiger partial charge in [-0.3, -0.25) is 5.32 Å². The van der Waals surface area contributed by atoms with Crippen molar-refractivity contribution in [2.75, 3.05) is 13.7 Å². The van der Waals surface area contributed by atoms with E-state index in [9.17, 15) is 4.79 Å². The van der Waals surface area contributed by atoms with Gasteiger partial charge in [0.15, 0.2) is 0 Å². The standard InChI is InChI=1S/C14H21NO2/c1-11(2)10-15-14(3,13(16)17-4)12-8-6-5-7-9-12/h5-9,11,15H,10H2,1-4H3. The number of hydrogen-bond acceptors (Lipinski definition) is 3. The van der Waals surface area contributed by atoms with E-state index in [-0.39, 0.29) is 5.97 Å². The van der Waals surface area contributed by atoms with Crippen LogP contribution in [0.4, 0.5) is 0 Å². The van der Waals surface area contributed by atoms with E-state index in [2.05, 4.69) is 19.2 Å². The van der Waals surface area contributed by atoms with Crippen LogP contribution in [0.25, 0.3) is 0 Å². The summed E-state index contributed by atoms with van der Waals surface area (Å²) in [6.07, 6.45) is 0. The summed E-state index contributed by atoms with van der Waals surface area (Å²) < 4.78 is 4.90. The topological polar surface area (TPSA) is 38.3 Å². The van der Waals surface area contributed by atoms with Gasteiger partial charge in [0.2, 0.25) is 0 Å². The third-order valence-electron chi connectivity index (χ3n) is 2.81. The summed E-state index contributed by atoms with van der Waals surface area (Å²) in [6.45, 7) is 6.84. The monoisotopic (exact) mass is 235 g/mol. The maximum absolute atomic E-state index is 12.0. The number of ether oxygens (including phenoxy) is 1. The number of nitrogens with one attached hydrogen (secondary N) is 1. The van der Waals surface area contributed by atoms with Crippen molar-refractivity contribution in [2.45, 2.75) is 26.3 Å². The number of hydrogen-bond donors (Lipinski definition) is 1. The quantitative estimate of drug-likeness (QED) is 0.796. The fourth-order valence-corrected chi connectivity index (χ4v) is 1.68. The lowest BCUT2D eigenvalue weighted by atomic mass is 9.91. The van der Waals surface area contributed by atoms with Gasteiger partial charge in [0.05, 0.1) is 7.11 Å². The van der Waals surface area contributed by atoms with Crippen LogP contribution in [0.3, 0.4) is 0 Å². The maximum Gasteiger partial charge on any atom is 0.330 e. The average Bonchev–Trinajstić information content (AvgIpc) is 2.36. The molecule has 0 saturated heterocycles. The van der Waals surface area contributed by atoms with Gasteiger partial charge in [-0.1, -0.05) is 44.2 Å². The maximum atomic E-state index is 12.0. The molecule has 1 N–H and O–H groups in total. The molecule has 0 amide bonds. The van der Waals surface area contributed by atoms with Crippen molar-refractivity contribution in [1.82, 2.24) is 5.32 Å². The number of carbonyl (C=O) groups excluding carboxylic acids is 1. The summed E-state index contributed by atoms with van der Waals surface area (Å²) >= 11 is 0. The molecule has 1 rings (SSSR count). The van der Waals surface area contributed by atoms with Gasteiger partial charge >= 0.3 is 5.97 Å². The highest BCUT2D eigenvalue weighted by molar-refractivity contribution is 5.82. The Morgan fingerprint density at radius 2 is 1.94 bits per heavy atom. The molecule has 0 radical (unpaired) electrons. The Morgan fingerprint density at radius 3 is 2.41 bits per heavy atom. The van der Waals surface area contributed by atoms with Crippen LogP contribution in [0.1, 0.15) is 26.3 Å². The summed E-state index contributed by atoms with van der Waals surface area (Å²) in [5.74, 6) is 0.215. The summed E-state index contributed by atoms with van der Waals surface area (Å²) in [4.78, 5) is 12.0. The lowest BCUT2D eigenvalue weighted by Gasteiger charge is -2.29. The minimum atomic E-state index is -0.777. The van der Waals surface area contributed by atoms with E-state index in [0.717, 1.165) is 12.1 Å². The van der Waals surface area contributed by atoms with Crippen LogP contribution in [-0.2, 0) is 15.1 Å². The Labute approximate surface area is 103 Å². The van der Waals surface area contributed by atoms with Gasteiger partial charge in [0, 0.05) is 0 Å². The van der Waals surface area contributed by atoms with Gasteiger partial charge in [0.25, 0.3) is 0 Å². The normalized spacial score (nSPS) is 14.4. The molecule has 0 aliphatic carbocycles. The summed E-state index contributed by atoms with van der Waals surface area (Å²) in [6, 6.07) is 9.65. The highest BCUT2D eigenvalue weighted by Crippen LogP contribution is 2.22. The van der Waals surface area contributed by atoms with E-state index in [0.29, 0.717) is 5.92 Å².